The third-order valence-electron chi connectivity index (χ3n) is 3.07. The molecule has 0 atom stereocenters. The highest BCUT2D eigenvalue weighted by Gasteiger charge is 2.01. The fourth-order valence-corrected chi connectivity index (χ4v) is 2.09. The van der Waals surface area contributed by atoms with Crippen LogP contribution in [-0.4, -0.2) is 33.8 Å². The molecule has 0 unspecified atom stereocenters. The molecule has 2 N–H and O–H groups in total. The van der Waals surface area contributed by atoms with Crippen LogP contribution in [0.1, 0.15) is 23.2 Å². The molecular weight excluding hydrogens is 268 g/mol. The summed E-state index contributed by atoms with van der Waals surface area (Å²) in [5.74, 6) is 0. The van der Waals surface area contributed by atoms with Gasteiger partial charge in [0.05, 0.1) is 12.3 Å². The molecule has 0 aliphatic rings. The van der Waals surface area contributed by atoms with Crippen LogP contribution < -0.4 is 5.32 Å². The van der Waals surface area contributed by atoms with Gasteiger partial charge < -0.3 is 15.2 Å². The number of aromatic nitrogens is 3. The van der Waals surface area contributed by atoms with E-state index in [1.807, 2.05) is 12.3 Å². The van der Waals surface area contributed by atoms with E-state index >= 15 is 0 Å². The zero-order valence-corrected chi connectivity index (χ0v) is 12.3. The number of benzene rings is 1. The normalized spacial score (nSPS) is 11.0. The SMILES string of the molecule is COCc1cccc(CNCc2cn(CCCO)nn2)c1. The average molecular weight is 290 g/mol. The molecule has 0 saturated carbocycles. The molecule has 114 valence electrons. The van der Waals surface area contributed by atoms with Gasteiger partial charge in [0.15, 0.2) is 0 Å². The zero-order chi connectivity index (χ0) is 14.9. The summed E-state index contributed by atoms with van der Waals surface area (Å²) >= 11 is 0. The van der Waals surface area contributed by atoms with Gasteiger partial charge in [0, 0.05) is 39.5 Å². The van der Waals surface area contributed by atoms with Gasteiger partial charge >= 0.3 is 0 Å². The van der Waals surface area contributed by atoms with Gasteiger partial charge in [-0.3, -0.25) is 4.68 Å². The topological polar surface area (TPSA) is 72.2 Å². The van der Waals surface area contributed by atoms with Crippen molar-refractivity contribution in [3.05, 3.63) is 47.3 Å². The monoisotopic (exact) mass is 290 g/mol. The van der Waals surface area contributed by atoms with Crippen molar-refractivity contribution >= 4 is 0 Å². The van der Waals surface area contributed by atoms with Crippen LogP contribution in [0.25, 0.3) is 0 Å². The lowest BCUT2D eigenvalue weighted by atomic mass is 10.1. The minimum absolute atomic E-state index is 0.172. The maximum atomic E-state index is 8.78. The molecule has 21 heavy (non-hydrogen) atoms. The Kier molecular flexibility index (Phi) is 6.33. The smallest absolute Gasteiger partial charge is 0.0964 e. The Labute approximate surface area is 124 Å². The average Bonchev–Trinajstić information content (AvgIpc) is 2.94. The first-order chi connectivity index (χ1) is 10.3. The van der Waals surface area contributed by atoms with Crippen LogP contribution in [0, 0.1) is 0 Å². The summed E-state index contributed by atoms with van der Waals surface area (Å²) in [5.41, 5.74) is 3.30. The lowest BCUT2D eigenvalue weighted by molar-refractivity contribution is 0.185. The molecule has 0 aliphatic carbocycles. The lowest BCUT2D eigenvalue weighted by Gasteiger charge is -2.05. The van der Waals surface area contributed by atoms with Crippen LogP contribution in [0.15, 0.2) is 30.5 Å². The third-order valence-corrected chi connectivity index (χ3v) is 3.07. The van der Waals surface area contributed by atoms with E-state index in [1.165, 1.54) is 11.1 Å². The van der Waals surface area contributed by atoms with Crippen molar-refractivity contribution in [1.29, 1.82) is 0 Å². The predicted octanol–water partition coefficient (Wildman–Crippen LogP) is 1.10. The van der Waals surface area contributed by atoms with Crippen molar-refractivity contribution in [3.63, 3.8) is 0 Å². The number of aliphatic hydroxyl groups excluding tert-OH is 1. The van der Waals surface area contributed by atoms with Crippen LogP contribution >= 0.6 is 0 Å². The number of aryl methyl sites for hydroxylation is 1. The summed E-state index contributed by atoms with van der Waals surface area (Å²) in [6, 6.07) is 8.31. The van der Waals surface area contributed by atoms with Gasteiger partial charge in [-0.1, -0.05) is 29.5 Å². The minimum Gasteiger partial charge on any atom is -0.396 e. The number of aliphatic hydroxyl groups is 1. The van der Waals surface area contributed by atoms with E-state index in [1.54, 1.807) is 11.8 Å². The number of nitrogens with one attached hydrogen (secondary N) is 1. The molecule has 2 aromatic rings. The number of methoxy groups -OCH3 is 1. The van der Waals surface area contributed by atoms with Crippen LogP contribution in [0.2, 0.25) is 0 Å². The Morgan fingerprint density at radius 1 is 1.29 bits per heavy atom. The molecule has 0 saturated heterocycles. The molecule has 0 bridgehead atoms. The first kappa shape index (κ1) is 15.6. The second-order valence-corrected chi connectivity index (χ2v) is 4.91. The van der Waals surface area contributed by atoms with Crippen LogP contribution in [0.3, 0.4) is 0 Å². The van der Waals surface area contributed by atoms with Crippen molar-refractivity contribution in [2.24, 2.45) is 0 Å². The molecule has 1 aromatic heterocycles. The molecule has 0 radical (unpaired) electrons. The van der Waals surface area contributed by atoms with E-state index in [4.69, 9.17) is 9.84 Å². The molecule has 6 heteroatoms. The van der Waals surface area contributed by atoms with Gasteiger partial charge in [0.1, 0.15) is 0 Å². The molecule has 0 aliphatic heterocycles. The summed E-state index contributed by atoms with van der Waals surface area (Å²) in [6.45, 7) is 2.95. The van der Waals surface area contributed by atoms with Crippen molar-refractivity contribution in [2.45, 2.75) is 32.7 Å². The van der Waals surface area contributed by atoms with Gasteiger partial charge in [-0.15, -0.1) is 5.10 Å². The van der Waals surface area contributed by atoms with Gasteiger partial charge in [0.2, 0.25) is 0 Å². The summed E-state index contributed by atoms with van der Waals surface area (Å²) in [6.07, 6.45) is 2.60. The van der Waals surface area contributed by atoms with Crippen molar-refractivity contribution in [3.8, 4) is 0 Å². The maximum absolute atomic E-state index is 8.78. The minimum atomic E-state index is 0.172. The Hall–Kier alpha value is -1.76. The number of ether oxygens (including phenoxy) is 1. The quantitative estimate of drug-likeness (QED) is 0.723. The highest BCUT2D eigenvalue weighted by Crippen LogP contribution is 2.06. The van der Waals surface area contributed by atoms with Gasteiger partial charge in [-0.05, 0) is 17.5 Å². The van der Waals surface area contributed by atoms with Gasteiger partial charge in [-0.25, -0.2) is 0 Å². The number of rotatable bonds is 9. The van der Waals surface area contributed by atoms with E-state index < -0.39 is 0 Å². The Morgan fingerprint density at radius 3 is 2.95 bits per heavy atom. The predicted molar refractivity (Wildman–Crippen MR) is 79.4 cm³/mol. The third kappa shape index (κ3) is 5.26. The maximum Gasteiger partial charge on any atom is 0.0964 e. The number of hydrogen-bond acceptors (Lipinski definition) is 5. The summed E-state index contributed by atoms with van der Waals surface area (Å²) in [7, 11) is 1.70. The molecule has 2 rings (SSSR count). The first-order valence-corrected chi connectivity index (χ1v) is 7.09. The molecule has 1 heterocycles. The van der Waals surface area contributed by atoms with E-state index in [-0.39, 0.29) is 6.61 Å². The molecular formula is C15H22N4O2. The molecule has 0 fully saturated rings. The number of hydrogen-bond donors (Lipinski definition) is 2. The Bertz CT molecular complexity index is 542. The standard InChI is InChI=1S/C15H22N4O2/c1-21-12-14-5-2-4-13(8-14)9-16-10-15-11-19(18-17-15)6-3-7-20/h2,4-5,8,11,16,20H,3,6-7,9-10,12H2,1H3. The van der Waals surface area contributed by atoms with Crippen LogP contribution in [0.4, 0.5) is 0 Å². The number of nitrogens with zero attached hydrogens (tertiary/aromatic N) is 3. The molecule has 0 spiro atoms. The van der Waals surface area contributed by atoms with E-state index in [0.29, 0.717) is 26.1 Å². The summed E-state index contributed by atoms with van der Waals surface area (Å²) < 4.78 is 6.89. The van der Waals surface area contributed by atoms with Crippen molar-refractivity contribution in [2.75, 3.05) is 13.7 Å². The first-order valence-electron chi connectivity index (χ1n) is 7.09. The molecule has 0 amide bonds. The van der Waals surface area contributed by atoms with Gasteiger partial charge in [-0.2, -0.15) is 0 Å². The van der Waals surface area contributed by atoms with Gasteiger partial charge in [0.25, 0.3) is 0 Å². The second-order valence-electron chi connectivity index (χ2n) is 4.91. The summed E-state index contributed by atoms with van der Waals surface area (Å²) in [4.78, 5) is 0. The summed E-state index contributed by atoms with van der Waals surface area (Å²) in [5, 5.41) is 20.2. The van der Waals surface area contributed by atoms with Crippen molar-refractivity contribution in [1.82, 2.24) is 20.3 Å². The van der Waals surface area contributed by atoms with E-state index in [2.05, 4.69) is 33.8 Å². The van der Waals surface area contributed by atoms with E-state index in [9.17, 15) is 0 Å². The lowest BCUT2D eigenvalue weighted by Crippen LogP contribution is -2.13. The fourth-order valence-electron chi connectivity index (χ4n) is 2.09. The van der Waals surface area contributed by atoms with E-state index in [0.717, 1.165) is 12.2 Å². The fraction of sp³-hybridized carbons (Fsp3) is 0.467. The second kappa shape index (κ2) is 8.51. The van der Waals surface area contributed by atoms with Crippen LogP contribution in [-0.2, 0) is 31.0 Å². The molecule has 1 aromatic carbocycles. The highest BCUT2D eigenvalue weighted by atomic mass is 16.5. The Morgan fingerprint density at radius 2 is 2.14 bits per heavy atom. The largest absolute Gasteiger partial charge is 0.396 e. The molecule has 6 nitrogen and oxygen atoms in total. The van der Waals surface area contributed by atoms with Crippen molar-refractivity contribution < 1.29 is 9.84 Å². The highest BCUT2D eigenvalue weighted by molar-refractivity contribution is 5.22. The van der Waals surface area contributed by atoms with Crippen LogP contribution in [0.5, 0.6) is 0 Å². The Balaban J connectivity index is 1.78. The zero-order valence-electron chi connectivity index (χ0n) is 12.3.